The molecule has 0 aromatic carbocycles. The third kappa shape index (κ3) is 9.76. The van der Waals surface area contributed by atoms with E-state index in [1.54, 1.807) is 0 Å². The number of hydrogen-bond acceptors (Lipinski definition) is 6. The Bertz CT molecular complexity index is 3290. The Morgan fingerprint density at radius 3 is 1.29 bits per heavy atom. The third-order valence-corrected chi connectivity index (χ3v) is 39.9. The van der Waals surface area contributed by atoms with E-state index in [1.807, 2.05) is 0 Å². The van der Waals surface area contributed by atoms with E-state index in [-0.39, 0.29) is 106 Å². The van der Waals surface area contributed by atoms with Crippen LogP contribution in [0.1, 0.15) is 325 Å². The Balaban J connectivity index is 0.000000133. The smallest absolute Gasteiger partial charge is 0.310 e. The van der Waals surface area contributed by atoms with Gasteiger partial charge in [0.15, 0.2) is 0 Å². The maximum Gasteiger partial charge on any atom is 0.310 e. The molecular formula is C90H144O9. The lowest BCUT2D eigenvalue weighted by Crippen LogP contribution is -2.67. The van der Waals surface area contributed by atoms with Crippen LogP contribution >= 0.6 is 0 Å². The number of hydrogen-bond donors (Lipinski definition) is 6. The summed E-state index contributed by atoms with van der Waals surface area (Å²) in [6.07, 6.45) is 34.7. The summed E-state index contributed by atoms with van der Waals surface area (Å²) >= 11 is 0. The minimum atomic E-state index is -0.557. The van der Waals surface area contributed by atoms with Crippen molar-refractivity contribution in [1.82, 2.24) is 0 Å². The van der Waals surface area contributed by atoms with Crippen LogP contribution in [-0.4, -0.2) is 66.9 Å². The van der Waals surface area contributed by atoms with E-state index in [2.05, 4.69) is 157 Å². The average molecular weight is 1370 g/mol. The molecule has 13 fully saturated rings. The topological polar surface area (TPSA) is 173 Å². The quantitative estimate of drug-likeness (QED) is 0.150. The largest absolute Gasteiger partial charge is 0.481 e. The molecule has 0 amide bonds. The number of aliphatic hydroxyl groups is 3. The number of rotatable bonds is 4. The predicted octanol–water partition coefficient (Wildman–Crippen LogP) is 21.4. The second kappa shape index (κ2) is 23.5. The number of carbonyl (C=O) groups is 3. The van der Waals surface area contributed by atoms with Crippen molar-refractivity contribution in [3.63, 3.8) is 0 Å². The van der Waals surface area contributed by atoms with Gasteiger partial charge >= 0.3 is 17.9 Å². The molecule has 0 aliphatic heterocycles. The van der Waals surface area contributed by atoms with Crippen LogP contribution in [0, 0.1) is 164 Å². The first kappa shape index (κ1) is 74.8. The Morgan fingerprint density at radius 1 is 0.404 bits per heavy atom. The van der Waals surface area contributed by atoms with E-state index >= 15 is 0 Å². The van der Waals surface area contributed by atoms with E-state index in [0.717, 1.165) is 135 Å². The summed E-state index contributed by atoms with van der Waals surface area (Å²) in [7, 11) is 0. The molecule has 0 bridgehead atoms. The van der Waals surface area contributed by atoms with Crippen LogP contribution in [-0.2, 0) is 14.4 Å². The van der Waals surface area contributed by atoms with Gasteiger partial charge in [0, 0.05) is 0 Å². The minimum absolute atomic E-state index is 0.0202. The van der Waals surface area contributed by atoms with Crippen LogP contribution in [0.4, 0.5) is 0 Å². The summed E-state index contributed by atoms with van der Waals surface area (Å²) in [5.41, 5.74) is 4.49. The molecule has 99 heavy (non-hydrogen) atoms. The first-order valence-electron chi connectivity index (χ1n) is 41.5. The molecule has 15 rings (SSSR count). The lowest BCUT2D eigenvalue weighted by atomic mass is 9.32. The number of allylic oxidation sites excluding steroid dienone is 5. The van der Waals surface area contributed by atoms with E-state index in [4.69, 9.17) is 0 Å². The zero-order chi connectivity index (χ0) is 72.6. The zero-order valence-electron chi connectivity index (χ0n) is 66.5. The number of carboxylic acid groups (broad SMARTS) is 3. The standard InChI is InChI=1S/3C30H48O3/c1-18-10-15-30(25(32)33)17-16-28(6)20(24(30)19(18)2)8-9-22-27(5)13-12-23(31)26(3,4)21(27)11-14-29(22,28)7;1-18(2)19-10-15-30(25(32)33)17-16-28(6)20(24(19)30)8-9-22-27(5)13-12-23(31)26(3,4)21(27)11-14-29(22,28)7;1-25(2)14-16-30(24(32)33)17-15-28(6)19(20(30)18-25)8-9-22-27(5)12-11-23(31)26(3,4)21(27)10-13-29(22,28)7/h8,18-19,21-24,31H,9-17H2,1-7H3,(H,32,33);19-24,31H,1,8-17H2,2-7H3,(H,32,33);8,20-23,31H,9-18H2,1-7H3,(H,32,33)/t18-,19+,21+,22-,23+,24+,27+,28-,29-,30+;19-,20+,21-,22+,23-,24+,27-,28+,29+,30-;20-,21-,22+,23-,27-,28+,29+,30-/m100/s1. The summed E-state index contributed by atoms with van der Waals surface area (Å²) in [5, 5.41) is 64.2. The summed E-state index contributed by atoms with van der Waals surface area (Å²) in [6, 6.07) is 0. The van der Waals surface area contributed by atoms with Gasteiger partial charge in [-0.15, -0.1) is 0 Å². The molecule has 15 aliphatic rings. The molecule has 9 nitrogen and oxygen atoms in total. The number of aliphatic hydroxyl groups excluding tert-OH is 3. The van der Waals surface area contributed by atoms with Crippen LogP contribution in [0.3, 0.4) is 0 Å². The fourth-order valence-corrected chi connectivity index (χ4v) is 33.0. The van der Waals surface area contributed by atoms with Gasteiger partial charge in [-0.2, -0.15) is 0 Å². The fraction of sp³-hybridized carbons (Fsp3) is 0.900. The summed E-state index contributed by atoms with van der Waals surface area (Å²) in [6.45, 7) is 52.7. The Morgan fingerprint density at radius 2 is 0.818 bits per heavy atom. The second-order valence-electron chi connectivity index (χ2n) is 44.1. The summed E-state index contributed by atoms with van der Waals surface area (Å²) < 4.78 is 0. The predicted molar refractivity (Wildman–Crippen MR) is 398 cm³/mol. The van der Waals surface area contributed by atoms with Gasteiger partial charge in [-0.25, -0.2) is 0 Å². The maximum atomic E-state index is 12.8. The van der Waals surface area contributed by atoms with Crippen molar-refractivity contribution < 1.29 is 45.0 Å². The van der Waals surface area contributed by atoms with Gasteiger partial charge in [0.25, 0.3) is 0 Å². The highest BCUT2D eigenvalue weighted by molar-refractivity contribution is 5.78. The lowest BCUT2D eigenvalue weighted by Gasteiger charge is -2.72. The SMILES string of the molecule is C=C(C)[C@@H]1CC[C@]2(C(=O)O)CC[C@]3(C)[C@H](CC[C@@H]4[C@@]5(C)CC[C@H](O)C(C)(C)[C@@H]5CC[C@]43C)[C@@H]12.CC1(C)CC[C@]2(C(=O)O)CC[C@]3(C)C(=CC[C@@H]4[C@@]5(C)CC[C@H](O)C(C)(C)[C@@H]5CC[C@]43C)[C@@H]2C1.C[C@H]1[C@H](C)CC[C@]2(C(=O)O)CC[C@]3(C)C(=CC[C@@H]4[C@@]5(C)CC[C@H](O)C(C)(C)[C@@H]5CC[C@]43C)[C@H]12. The molecule has 9 heteroatoms. The highest BCUT2D eigenvalue weighted by atomic mass is 16.4. The number of aliphatic carboxylic acids is 3. The van der Waals surface area contributed by atoms with Crippen molar-refractivity contribution in [3.05, 3.63) is 35.5 Å². The molecule has 0 aromatic rings. The van der Waals surface area contributed by atoms with E-state index in [0.29, 0.717) is 59.2 Å². The molecule has 0 aromatic heterocycles. The summed E-state index contributed by atoms with van der Waals surface area (Å²) in [4.78, 5) is 38.3. The lowest BCUT2D eigenvalue weighted by molar-refractivity contribution is -0.248. The molecule has 558 valence electrons. The Hall–Kier alpha value is -2.49. The van der Waals surface area contributed by atoms with Gasteiger partial charge in [0.1, 0.15) is 0 Å². The monoisotopic (exact) mass is 1370 g/mol. The first-order valence-corrected chi connectivity index (χ1v) is 41.5. The van der Waals surface area contributed by atoms with Crippen LogP contribution in [0.5, 0.6) is 0 Å². The molecule has 0 spiro atoms. The molecule has 0 saturated heterocycles. The Kier molecular flexibility index (Phi) is 17.8. The molecule has 15 aliphatic carbocycles. The van der Waals surface area contributed by atoms with E-state index < -0.39 is 34.2 Å². The van der Waals surface area contributed by atoms with Gasteiger partial charge in [-0.3, -0.25) is 14.4 Å². The highest BCUT2D eigenvalue weighted by Crippen LogP contribution is 2.81. The van der Waals surface area contributed by atoms with Crippen molar-refractivity contribution >= 4 is 17.9 Å². The maximum absolute atomic E-state index is 12.8. The van der Waals surface area contributed by atoms with Crippen molar-refractivity contribution in [2.24, 2.45) is 164 Å². The molecule has 28 atom stereocenters. The third-order valence-electron chi connectivity index (χ3n) is 39.9. The van der Waals surface area contributed by atoms with Crippen LogP contribution in [0.15, 0.2) is 35.5 Å². The van der Waals surface area contributed by atoms with Crippen LogP contribution in [0.2, 0.25) is 0 Å². The average Bonchev–Trinajstić information content (AvgIpc) is 1.17. The van der Waals surface area contributed by atoms with Crippen LogP contribution in [0.25, 0.3) is 0 Å². The molecule has 0 heterocycles. The first-order chi connectivity index (χ1) is 45.7. The molecule has 6 N–H and O–H groups in total. The van der Waals surface area contributed by atoms with Gasteiger partial charge in [-0.05, 0) is 340 Å². The molecular weight excluding hydrogens is 1220 g/mol. The normalized spacial score (nSPS) is 54.3. The van der Waals surface area contributed by atoms with Gasteiger partial charge in [0.05, 0.1) is 34.6 Å². The zero-order valence-corrected chi connectivity index (χ0v) is 66.5. The minimum Gasteiger partial charge on any atom is -0.481 e. The van der Waals surface area contributed by atoms with Crippen molar-refractivity contribution in [3.8, 4) is 0 Å². The van der Waals surface area contributed by atoms with Gasteiger partial charge in [-0.1, -0.05) is 167 Å². The number of carboxylic acids is 3. The summed E-state index contributed by atoms with van der Waals surface area (Å²) in [5.74, 6) is 4.43. The molecule has 0 unspecified atom stereocenters. The number of fused-ring (bicyclic) bond motifs is 21. The van der Waals surface area contributed by atoms with E-state index in [1.165, 1.54) is 68.1 Å². The highest BCUT2D eigenvalue weighted by Gasteiger charge is 2.75. The van der Waals surface area contributed by atoms with Crippen molar-refractivity contribution in [2.75, 3.05) is 0 Å². The Labute approximate surface area is 601 Å². The fourth-order valence-electron chi connectivity index (χ4n) is 33.0. The molecule has 0 radical (unpaired) electrons. The van der Waals surface area contributed by atoms with Gasteiger partial charge in [0.2, 0.25) is 0 Å². The van der Waals surface area contributed by atoms with E-state index in [9.17, 15) is 45.0 Å². The second-order valence-corrected chi connectivity index (χ2v) is 44.1. The van der Waals surface area contributed by atoms with Crippen molar-refractivity contribution in [2.45, 2.75) is 343 Å². The van der Waals surface area contributed by atoms with Gasteiger partial charge < -0.3 is 30.6 Å². The van der Waals surface area contributed by atoms with Crippen molar-refractivity contribution in [1.29, 1.82) is 0 Å². The molecule has 13 saturated carbocycles. The van der Waals surface area contributed by atoms with Crippen LogP contribution < -0.4 is 0 Å².